The number of Topliss-reactive ketones (excluding diaryl/α,β-unsaturated/α-hetero) is 1. The van der Waals surface area contributed by atoms with Gasteiger partial charge in [-0.25, -0.2) is 4.79 Å². The van der Waals surface area contributed by atoms with Crippen molar-refractivity contribution in [3.05, 3.63) is 65.7 Å². The lowest BCUT2D eigenvalue weighted by Crippen LogP contribution is -2.72. The number of anilines is 1. The van der Waals surface area contributed by atoms with Gasteiger partial charge in [-0.1, -0.05) is 30.3 Å². The van der Waals surface area contributed by atoms with E-state index in [1.165, 1.54) is 30.6 Å². The molecule has 2 heterocycles. The molecule has 0 saturated carbocycles. The molecule has 4 amide bonds. The molecule has 4 atom stereocenters. The molecule has 2 saturated heterocycles. The summed E-state index contributed by atoms with van der Waals surface area (Å²) in [7, 11) is 3.14. The number of thioether (sulfide) groups is 1. The summed E-state index contributed by atoms with van der Waals surface area (Å²) in [6.07, 6.45) is -0.809. The van der Waals surface area contributed by atoms with Gasteiger partial charge in [0.15, 0.2) is 5.78 Å². The molecular formula is C24H27N5O4S. The molecule has 9 nitrogen and oxygen atoms in total. The van der Waals surface area contributed by atoms with Gasteiger partial charge in [0, 0.05) is 25.3 Å². The van der Waals surface area contributed by atoms with Crippen LogP contribution in [0.5, 0.6) is 0 Å². The molecule has 4 rings (SSSR count). The minimum Gasteiger partial charge on any atom is -0.325 e. The molecule has 0 bridgehead atoms. The molecule has 178 valence electrons. The van der Waals surface area contributed by atoms with E-state index >= 15 is 0 Å². The minimum absolute atomic E-state index is 0.0431. The molecule has 0 spiro atoms. The summed E-state index contributed by atoms with van der Waals surface area (Å²) in [4.78, 5) is 52.3. The Morgan fingerprint density at radius 3 is 2.32 bits per heavy atom. The van der Waals surface area contributed by atoms with Crippen molar-refractivity contribution in [1.29, 1.82) is 0 Å². The molecule has 34 heavy (non-hydrogen) atoms. The first-order valence-corrected chi connectivity index (χ1v) is 11.9. The van der Waals surface area contributed by atoms with Crippen LogP contribution in [0.1, 0.15) is 29.0 Å². The summed E-state index contributed by atoms with van der Waals surface area (Å²) in [5.41, 5.74) is 2.13. The maximum Gasteiger partial charge on any atom is 0.327 e. The Morgan fingerprint density at radius 2 is 1.68 bits per heavy atom. The van der Waals surface area contributed by atoms with Crippen molar-refractivity contribution in [3.63, 3.8) is 0 Å². The molecule has 3 N–H and O–H groups in total. The van der Waals surface area contributed by atoms with E-state index < -0.39 is 17.5 Å². The molecule has 2 fully saturated rings. The number of rotatable bonds is 6. The van der Waals surface area contributed by atoms with Gasteiger partial charge in [0.2, 0.25) is 11.8 Å². The largest absolute Gasteiger partial charge is 0.327 e. The fraction of sp³-hybridized carbons (Fsp3) is 0.333. The van der Waals surface area contributed by atoms with Crippen molar-refractivity contribution in [2.75, 3.05) is 25.2 Å². The Hall–Kier alpha value is -3.21. The zero-order valence-corrected chi connectivity index (χ0v) is 20.0. The summed E-state index contributed by atoms with van der Waals surface area (Å²) >= 11 is 1.32. The second-order valence-corrected chi connectivity index (χ2v) is 9.48. The standard InChI is InChI=1S/C24H27N5O4S/c1-14(30)15-9-11-17(12-10-15)25-18(31)13-34-22-19-21(28(2)24(33)29(3)23(19)32)26-20(27-22)16-7-5-4-6-8-16/h4-12,19-22,26-27H,13H2,1-3H3,(H,25,31). The molecule has 2 aromatic carbocycles. The number of amides is 4. The van der Waals surface area contributed by atoms with Crippen LogP contribution in [0.15, 0.2) is 54.6 Å². The highest BCUT2D eigenvalue weighted by atomic mass is 32.2. The Labute approximate surface area is 202 Å². The van der Waals surface area contributed by atoms with Crippen molar-refractivity contribution in [3.8, 4) is 0 Å². The fourth-order valence-corrected chi connectivity index (χ4v) is 5.30. The normalized spacial score (nSPS) is 24.6. The van der Waals surface area contributed by atoms with E-state index in [1.54, 1.807) is 31.3 Å². The number of hydrogen-bond donors (Lipinski definition) is 3. The van der Waals surface area contributed by atoms with E-state index in [2.05, 4.69) is 16.0 Å². The summed E-state index contributed by atoms with van der Waals surface area (Å²) in [6, 6.07) is 16.0. The van der Waals surface area contributed by atoms with Crippen LogP contribution in [0.4, 0.5) is 10.5 Å². The van der Waals surface area contributed by atoms with Crippen LogP contribution in [0.25, 0.3) is 0 Å². The first kappa shape index (κ1) is 23.9. The number of nitrogens with one attached hydrogen (secondary N) is 3. The van der Waals surface area contributed by atoms with Crippen LogP contribution < -0.4 is 16.0 Å². The molecule has 10 heteroatoms. The predicted molar refractivity (Wildman–Crippen MR) is 130 cm³/mol. The van der Waals surface area contributed by atoms with Gasteiger partial charge >= 0.3 is 6.03 Å². The van der Waals surface area contributed by atoms with Gasteiger partial charge in [-0.2, -0.15) is 0 Å². The Kier molecular flexibility index (Phi) is 7.01. The van der Waals surface area contributed by atoms with Crippen molar-refractivity contribution in [1.82, 2.24) is 20.4 Å². The highest BCUT2D eigenvalue weighted by Gasteiger charge is 2.51. The average molecular weight is 482 g/mol. The molecule has 2 aliphatic heterocycles. The van der Waals surface area contributed by atoms with Crippen molar-refractivity contribution in [2.24, 2.45) is 5.92 Å². The van der Waals surface area contributed by atoms with Crippen LogP contribution in [0, 0.1) is 5.92 Å². The molecule has 4 unspecified atom stereocenters. The van der Waals surface area contributed by atoms with Crippen LogP contribution in [0.3, 0.4) is 0 Å². The first-order chi connectivity index (χ1) is 16.3. The van der Waals surface area contributed by atoms with Gasteiger partial charge < -0.3 is 10.2 Å². The number of hydrogen-bond acceptors (Lipinski definition) is 7. The van der Waals surface area contributed by atoms with E-state index in [9.17, 15) is 19.2 Å². The van der Waals surface area contributed by atoms with Crippen molar-refractivity contribution < 1.29 is 19.2 Å². The van der Waals surface area contributed by atoms with Gasteiger partial charge in [0.25, 0.3) is 0 Å². The third kappa shape index (κ3) is 4.84. The third-order valence-electron chi connectivity index (χ3n) is 6.06. The van der Waals surface area contributed by atoms with Crippen LogP contribution in [-0.2, 0) is 9.59 Å². The van der Waals surface area contributed by atoms with Gasteiger partial charge in [0.1, 0.15) is 0 Å². The molecule has 0 radical (unpaired) electrons. The molecule has 2 aromatic rings. The average Bonchev–Trinajstić information content (AvgIpc) is 2.85. The van der Waals surface area contributed by atoms with Crippen molar-refractivity contribution >= 4 is 41.1 Å². The maximum atomic E-state index is 13.0. The van der Waals surface area contributed by atoms with Gasteiger partial charge in [-0.15, -0.1) is 11.8 Å². The third-order valence-corrected chi connectivity index (χ3v) is 7.28. The highest BCUT2D eigenvalue weighted by molar-refractivity contribution is 8.00. The number of ketones is 1. The molecule has 0 aliphatic carbocycles. The Bertz CT molecular complexity index is 1090. The minimum atomic E-state index is -0.569. The second kappa shape index (κ2) is 9.96. The summed E-state index contributed by atoms with van der Waals surface area (Å²) in [6.45, 7) is 1.49. The Balaban J connectivity index is 1.49. The zero-order valence-electron chi connectivity index (χ0n) is 19.1. The number of benzene rings is 2. The summed E-state index contributed by atoms with van der Waals surface area (Å²) < 4.78 is 0. The summed E-state index contributed by atoms with van der Waals surface area (Å²) in [5, 5.41) is 9.24. The van der Waals surface area contributed by atoms with Gasteiger partial charge in [-0.3, -0.25) is 29.9 Å². The zero-order chi connectivity index (χ0) is 24.4. The highest BCUT2D eigenvalue weighted by Crippen LogP contribution is 2.34. The van der Waals surface area contributed by atoms with Crippen LogP contribution >= 0.6 is 11.8 Å². The smallest absolute Gasteiger partial charge is 0.325 e. The number of carbonyl (C=O) groups is 4. The number of nitrogens with zero attached hydrogens (tertiary/aromatic N) is 2. The fourth-order valence-electron chi connectivity index (χ4n) is 4.19. The second-order valence-electron chi connectivity index (χ2n) is 8.35. The predicted octanol–water partition coefficient (Wildman–Crippen LogP) is 2.24. The molecular weight excluding hydrogens is 454 g/mol. The maximum absolute atomic E-state index is 13.0. The van der Waals surface area contributed by atoms with Crippen LogP contribution in [0.2, 0.25) is 0 Å². The van der Waals surface area contributed by atoms with E-state index in [0.717, 1.165) is 10.5 Å². The number of fused-ring (bicyclic) bond motifs is 1. The number of carbonyl (C=O) groups excluding carboxylic acids is 4. The quantitative estimate of drug-likeness (QED) is 0.543. The molecule has 2 aliphatic rings. The first-order valence-electron chi connectivity index (χ1n) is 10.9. The van der Waals surface area contributed by atoms with E-state index in [-0.39, 0.29) is 35.5 Å². The lowest BCUT2D eigenvalue weighted by molar-refractivity contribution is -0.140. The monoisotopic (exact) mass is 481 g/mol. The number of urea groups is 1. The van der Waals surface area contributed by atoms with Crippen molar-refractivity contribution in [2.45, 2.75) is 24.6 Å². The lowest BCUT2D eigenvalue weighted by Gasteiger charge is -2.50. The van der Waals surface area contributed by atoms with E-state index in [4.69, 9.17) is 0 Å². The van der Waals surface area contributed by atoms with Gasteiger partial charge in [-0.05, 0) is 36.8 Å². The SMILES string of the molecule is CC(=O)c1ccc(NC(=O)CSC2NC(c3ccccc3)NC3C2C(=O)N(C)C(=O)N3C)cc1. The van der Waals surface area contributed by atoms with E-state index in [0.29, 0.717) is 11.3 Å². The lowest BCUT2D eigenvalue weighted by atomic mass is 9.96. The van der Waals surface area contributed by atoms with Crippen LogP contribution in [-0.4, -0.2) is 64.8 Å². The number of imide groups is 1. The molecule has 0 aromatic heterocycles. The Morgan fingerprint density at radius 1 is 1.00 bits per heavy atom. The summed E-state index contributed by atoms with van der Waals surface area (Å²) in [5.74, 6) is -1.03. The van der Waals surface area contributed by atoms with E-state index in [1.807, 2.05) is 30.3 Å². The van der Waals surface area contributed by atoms with Gasteiger partial charge in [0.05, 0.1) is 29.4 Å². The topological polar surface area (TPSA) is 111 Å².